The SMILES string of the molecule is COc1cc(-c2nc3sc4c(c3c(=O)[nH]2)CC[C@@H](C(C)(C)C)C4)ccc1O. The van der Waals surface area contributed by atoms with Crippen LogP contribution in [-0.4, -0.2) is 22.2 Å². The van der Waals surface area contributed by atoms with E-state index in [0.29, 0.717) is 23.1 Å². The molecule has 6 heteroatoms. The highest BCUT2D eigenvalue weighted by molar-refractivity contribution is 7.18. The number of phenolic OH excluding ortho intramolecular Hbond substituents is 1. The molecule has 2 N–H and O–H groups in total. The Morgan fingerprint density at radius 2 is 2.11 bits per heavy atom. The van der Waals surface area contributed by atoms with Crippen LogP contribution in [0.25, 0.3) is 21.6 Å². The predicted octanol–water partition coefficient (Wildman–Crippen LogP) is 4.52. The summed E-state index contributed by atoms with van der Waals surface area (Å²) in [6.07, 6.45) is 3.06. The number of nitrogens with zero attached hydrogens (tertiary/aromatic N) is 1. The normalized spacial score (nSPS) is 17.1. The number of nitrogens with one attached hydrogen (secondary N) is 1. The number of aromatic nitrogens is 2. The van der Waals surface area contributed by atoms with Crippen molar-refractivity contribution in [1.29, 1.82) is 0 Å². The molecule has 3 aromatic rings. The van der Waals surface area contributed by atoms with Gasteiger partial charge in [-0.3, -0.25) is 4.79 Å². The van der Waals surface area contributed by atoms with Crippen LogP contribution in [0.15, 0.2) is 23.0 Å². The minimum Gasteiger partial charge on any atom is -0.504 e. The summed E-state index contributed by atoms with van der Waals surface area (Å²) in [5.41, 5.74) is 2.07. The molecule has 2 heterocycles. The lowest BCUT2D eigenvalue weighted by atomic mass is 9.72. The van der Waals surface area contributed by atoms with E-state index < -0.39 is 0 Å². The lowest BCUT2D eigenvalue weighted by Gasteiger charge is -2.33. The van der Waals surface area contributed by atoms with E-state index in [-0.39, 0.29) is 16.7 Å². The Balaban J connectivity index is 1.81. The summed E-state index contributed by atoms with van der Waals surface area (Å²) in [5.74, 6) is 1.54. The first kappa shape index (κ1) is 18.0. The predicted molar refractivity (Wildman–Crippen MR) is 109 cm³/mol. The molecule has 142 valence electrons. The molecule has 0 saturated carbocycles. The van der Waals surface area contributed by atoms with E-state index in [9.17, 15) is 9.90 Å². The molecule has 0 radical (unpaired) electrons. The molecule has 0 saturated heterocycles. The van der Waals surface area contributed by atoms with Crippen molar-refractivity contribution < 1.29 is 9.84 Å². The van der Waals surface area contributed by atoms with Gasteiger partial charge < -0.3 is 14.8 Å². The smallest absolute Gasteiger partial charge is 0.260 e. The quantitative estimate of drug-likeness (QED) is 0.681. The first-order valence-electron chi connectivity index (χ1n) is 9.20. The summed E-state index contributed by atoms with van der Waals surface area (Å²) in [6, 6.07) is 4.96. The number of aryl methyl sites for hydroxylation is 1. The Morgan fingerprint density at radius 3 is 2.81 bits per heavy atom. The van der Waals surface area contributed by atoms with Gasteiger partial charge in [-0.2, -0.15) is 0 Å². The molecule has 27 heavy (non-hydrogen) atoms. The summed E-state index contributed by atoms with van der Waals surface area (Å²) in [7, 11) is 1.50. The van der Waals surface area contributed by atoms with Crippen molar-refractivity contribution in [2.24, 2.45) is 11.3 Å². The van der Waals surface area contributed by atoms with Gasteiger partial charge in [0.2, 0.25) is 0 Å². The first-order chi connectivity index (χ1) is 12.8. The largest absolute Gasteiger partial charge is 0.504 e. The van der Waals surface area contributed by atoms with Gasteiger partial charge in [-0.05, 0) is 54.4 Å². The fourth-order valence-electron chi connectivity index (χ4n) is 3.88. The summed E-state index contributed by atoms with van der Waals surface area (Å²) in [5, 5.41) is 10.5. The molecule has 0 unspecified atom stereocenters. The molecular formula is C21H24N2O3S. The van der Waals surface area contributed by atoms with Gasteiger partial charge in [-0.25, -0.2) is 4.98 Å². The Bertz CT molecular complexity index is 1080. The van der Waals surface area contributed by atoms with E-state index in [0.717, 1.165) is 29.5 Å². The van der Waals surface area contributed by atoms with E-state index in [4.69, 9.17) is 9.72 Å². The molecule has 4 rings (SSSR count). The van der Waals surface area contributed by atoms with Gasteiger partial charge in [0.15, 0.2) is 11.5 Å². The maximum Gasteiger partial charge on any atom is 0.260 e. The van der Waals surface area contributed by atoms with E-state index in [1.165, 1.54) is 17.6 Å². The number of thiophene rings is 1. The van der Waals surface area contributed by atoms with Crippen LogP contribution >= 0.6 is 11.3 Å². The number of methoxy groups -OCH3 is 1. The van der Waals surface area contributed by atoms with Crippen molar-refractivity contribution in [3.63, 3.8) is 0 Å². The highest BCUT2D eigenvalue weighted by Gasteiger charge is 2.31. The Kier molecular flexibility index (Phi) is 4.26. The number of phenols is 1. The molecule has 1 aromatic carbocycles. The molecule has 0 fully saturated rings. The average molecular weight is 385 g/mol. The number of aromatic amines is 1. The maximum absolute atomic E-state index is 12.8. The topological polar surface area (TPSA) is 75.2 Å². The molecule has 0 spiro atoms. The zero-order valence-corrected chi connectivity index (χ0v) is 16.9. The second-order valence-corrected chi connectivity index (χ2v) is 9.37. The molecule has 1 aliphatic rings. The molecule has 1 aliphatic carbocycles. The lowest BCUT2D eigenvalue weighted by Crippen LogP contribution is -2.26. The van der Waals surface area contributed by atoms with E-state index in [2.05, 4.69) is 25.8 Å². The van der Waals surface area contributed by atoms with Crippen molar-refractivity contribution >= 4 is 21.6 Å². The third kappa shape index (κ3) is 3.12. The van der Waals surface area contributed by atoms with E-state index >= 15 is 0 Å². The van der Waals surface area contributed by atoms with Crippen LogP contribution in [0.1, 0.15) is 37.6 Å². The van der Waals surface area contributed by atoms with Crippen molar-refractivity contribution in [3.8, 4) is 22.9 Å². The number of fused-ring (bicyclic) bond motifs is 3. The van der Waals surface area contributed by atoms with Gasteiger partial charge in [-0.1, -0.05) is 20.8 Å². The summed E-state index contributed by atoms with van der Waals surface area (Å²) < 4.78 is 5.17. The molecule has 0 amide bonds. The van der Waals surface area contributed by atoms with Gasteiger partial charge in [-0.15, -0.1) is 11.3 Å². The number of ether oxygens (including phenoxy) is 1. The highest BCUT2D eigenvalue weighted by Crippen LogP contribution is 2.42. The minimum absolute atomic E-state index is 0.0597. The van der Waals surface area contributed by atoms with Crippen molar-refractivity contribution in [2.75, 3.05) is 7.11 Å². The van der Waals surface area contributed by atoms with Gasteiger partial charge in [0, 0.05) is 10.4 Å². The second kappa shape index (κ2) is 6.37. The maximum atomic E-state index is 12.8. The third-order valence-corrected chi connectivity index (χ3v) is 6.75. The monoisotopic (exact) mass is 384 g/mol. The van der Waals surface area contributed by atoms with Crippen LogP contribution in [0.4, 0.5) is 0 Å². The molecule has 0 bridgehead atoms. The first-order valence-corrected chi connectivity index (χ1v) is 10.0. The van der Waals surface area contributed by atoms with Gasteiger partial charge in [0.25, 0.3) is 5.56 Å². The van der Waals surface area contributed by atoms with Crippen LogP contribution in [0.2, 0.25) is 0 Å². The van der Waals surface area contributed by atoms with E-state index in [1.807, 2.05) is 0 Å². The summed E-state index contributed by atoms with van der Waals surface area (Å²) >= 11 is 1.64. The van der Waals surface area contributed by atoms with Crippen LogP contribution in [0.5, 0.6) is 11.5 Å². The molecular weight excluding hydrogens is 360 g/mol. The second-order valence-electron chi connectivity index (χ2n) is 8.29. The van der Waals surface area contributed by atoms with Gasteiger partial charge in [0.1, 0.15) is 10.7 Å². The van der Waals surface area contributed by atoms with Crippen molar-refractivity contribution in [3.05, 3.63) is 39.0 Å². The molecule has 5 nitrogen and oxygen atoms in total. The Morgan fingerprint density at radius 1 is 1.33 bits per heavy atom. The van der Waals surface area contributed by atoms with Crippen LogP contribution in [0, 0.1) is 11.3 Å². The zero-order valence-electron chi connectivity index (χ0n) is 16.0. The highest BCUT2D eigenvalue weighted by atomic mass is 32.1. The van der Waals surface area contributed by atoms with Gasteiger partial charge in [0.05, 0.1) is 12.5 Å². The number of hydrogen-bond acceptors (Lipinski definition) is 5. The van der Waals surface area contributed by atoms with Crippen molar-refractivity contribution in [2.45, 2.75) is 40.0 Å². The molecule has 0 aliphatic heterocycles. The van der Waals surface area contributed by atoms with Crippen LogP contribution < -0.4 is 10.3 Å². The molecule has 2 aromatic heterocycles. The van der Waals surface area contributed by atoms with Crippen LogP contribution in [0.3, 0.4) is 0 Å². The van der Waals surface area contributed by atoms with Gasteiger partial charge >= 0.3 is 0 Å². The number of aromatic hydroxyl groups is 1. The fourth-order valence-corrected chi connectivity index (χ4v) is 5.18. The standard InChI is InChI=1S/C21H24N2O3S/c1-21(2,3)12-6-7-13-16(10-12)27-20-17(13)19(25)22-18(23-20)11-5-8-14(24)15(9-11)26-4/h5,8-9,12,24H,6-7,10H2,1-4H3,(H,22,23,25)/t12-/m1/s1. The van der Waals surface area contributed by atoms with E-state index in [1.54, 1.807) is 29.5 Å². The summed E-state index contributed by atoms with van der Waals surface area (Å²) in [6.45, 7) is 6.87. The Labute approximate surface area is 162 Å². The third-order valence-electron chi connectivity index (χ3n) is 5.60. The fraction of sp³-hybridized carbons (Fsp3) is 0.429. The van der Waals surface area contributed by atoms with Crippen LogP contribution in [-0.2, 0) is 12.8 Å². The average Bonchev–Trinajstić information content (AvgIpc) is 2.99. The molecule has 1 atom stereocenters. The lowest BCUT2D eigenvalue weighted by molar-refractivity contribution is 0.218. The van der Waals surface area contributed by atoms with Crippen molar-refractivity contribution in [1.82, 2.24) is 9.97 Å². The zero-order chi connectivity index (χ0) is 19.3. The Hall–Kier alpha value is -2.34. The number of H-pyrrole nitrogens is 1. The number of hydrogen-bond donors (Lipinski definition) is 2. The number of rotatable bonds is 2. The summed E-state index contributed by atoms with van der Waals surface area (Å²) in [4.78, 5) is 22.6. The number of benzene rings is 1. The minimum atomic E-state index is -0.0891.